The summed E-state index contributed by atoms with van der Waals surface area (Å²) in [5.74, 6) is -1.91. The van der Waals surface area contributed by atoms with Gasteiger partial charge < -0.3 is 5.32 Å². The van der Waals surface area contributed by atoms with Gasteiger partial charge in [0.15, 0.2) is 0 Å². The quantitative estimate of drug-likeness (QED) is 0.869. The van der Waals surface area contributed by atoms with Crippen molar-refractivity contribution >= 4 is 5.82 Å². The molecule has 0 aliphatic carbocycles. The zero-order valence-electron chi connectivity index (χ0n) is 11.4. The third kappa shape index (κ3) is 3.48. The molecule has 21 heavy (non-hydrogen) atoms. The lowest BCUT2D eigenvalue weighted by Crippen LogP contribution is -2.14. The molecule has 0 radical (unpaired) electrons. The maximum atomic E-state index is 13.8. The average Bonchev–Trinajstić information content (AvgIpc) is 2.40. The number of nitrogens with one attached hydrogen (secondary N) is 1. The van der Waals surface area contributed by atoms with Gasteiger partial charge in [-0.2, -0.15) is 13.2 Å². The highest BCUT2D eigenvalue weighted by molar-refractivity contribution is 5.64. The van der Waals surface area contributed by atoms with Crippen molar-refractivity contribution in [3.63, 3.8) is 0 Å². The van der Waals surface area contributed by atoms with Gasteiger partial charge in [0.2, 0.25) is 5.82 Å². The molecular formula is C14H13F4N3. The predicted molar refractivity (Wildman–Crippen MR) is 71.3 cm³/mol. The third-order valence-electron chi connectivity index (χ3n) is 2.74. The summed E-state index contributed by atoms with van der Waals surface area (Å²) in [7, 11) is 0. The lowest BCUT2D eigenvalue weighted by atomic mass is 10.1. The first kappa shape index (κ1) is 15.2. The monoisotopic (exact) mass is 299 g/mol. The molecule has 2 rings (SSSR count). The van der Waals surface area contributed by atoms with Crippen molar-refractivity contribution in [3.05, 3.63) is 41.5 Å². The van der Waals surface area contributed by atoms with E-state index in [0.29, 0.717) is 6.54 Å². The predicted octanol–water partition coefficient (Wildman–Crippen LogP) is 4.04. The van der Waals surface area contributed by atoms with E-state index in [2.05, 4.69) is 15.3 Å². The standard InChI is InChI=1S/C14H13F4N3/c1-3-19-12-7-11(20-13(21-12)14(16,17)18)9-6-8(2)4-5-10(9)15/h4-7H,3H2,1-2H3,(H,19,20,21). The summed E-state index contributed by atoms with van der Waals surface area (Å²) in [4.78, 5) is 6.85. The number of nitrogens with zero attached hydrogens (tertiary/aromatic N) is 2. The molecule has 0 spiro atoms. The topological polar surface area (TPSA) is 37.8 Å². The molecule has 112 valence electrons. The zero-order valence-corrected chi connectivity index (χ0v) is 11.4. The van der Waals surface area contributed by atoms with E-state index in [4.69, 9.17) is 0 Å². The number of aromatic nitrogens is 2. The highest BCUT2D eigenvalue weighted by Gasteiger charge is 2.35. The van der Waals surface area contributed by atoms with E-state index < -0.39 is 17.8 Å². The Morgan fingerprint density at radius 3 is 2.48 bits per heavy atom. The highest BCUT2D eigenvalue weighted by atomic mass is 19.4. The van der Waals surface area contributed by atoms with Crippen LogP contribution in [0.4, 0.5) is 23.4 Å². The van der Waals surface area contributed by atoms with Gasteiger partial charge in [-0.3, -0.25) is 0 Å². The molecule has 0 atom stereocenters. The molecular weight excluding hydrogens is 286 g/mol. The van der Waals surface area contributed by atoms with Crippen LogP contribution in [0, 0.1) is 12.7 Å². The maximum absolute atomic E-state index is 13.8. The molecule has 0 saturated heterocycles. The Balaban J connectivity index is 2.62. The molecule has 1 aromatic heterocycles. The Morgan fingerprint density at radius 2 is 1.86 bits per heavy atom. The van der Waals surface area contributed by atoms with E-state index in [1.54, 1.807) is 13.8 Å². The first-order valence-corrected chi connectivity index (χ1v) is 6.28. The van der Waals surface area contributed by atoms with Crippen LogP contribution in [-0.2, 0) is 6.18 Å². The second kappa shape index (κ2) is 5.67. The summed E-state index contributed by atoms with van der Waals surface area (Å²) in [6.07, 6.45) is -4.69. The van der Waals surface area contributed by atoms with Crippen LogP contribution in [0.5, 0.6) is 0 Å². The summed E-state index contributed by atoms with van der Waals surface area (Å²) < 4.78 is 52.4. The molecule has 0 saturated carbocycles. The average molecular weight is 299 g/mol. The van der Waals surface area contributed by atoms with Crippen molar-refractivity contribution in [2.75, 3.05) is 11.9 Å². The molecule has 0 bridgehead atoms. The summed E-state index contributed by atoms with van der Waals surface area (Å²) in [6, 6.07) is 5.49. The van der Waals surface area contributed by atoms with Crippen LogP contribution in [0.25, 0.3) is 11.3 Å². The van der Waals surface area contributed by atoms with Crippen LogP contribution >= 0.6 is 0 Å². The Hall–Kier alpha value is -2.18. The first-order chi connectivity index (χ1) is 9.81. The lowest BCUT2D eigenvalue weighted by molar-refractivity contribution is -0.144. The van der Waals surface area contributed by atoms with Crippen molar-refractivity contribution in [1.29, 1.82) is 0 Å². The number of rotatable bonds is 3. The van der Waals surface area contributed by atoms with E-state index in [1.807, 2.05) is 0 Å². The second-order valence-electron chi connectivity index (χ2n) is 4.47. The zero-order chi connectivity index (χ0) is 15.6. The molecule has 1 heterocycles. The minimum Gasteiger partial charge on any atom is -0.370 e. The number of alkyl halides is 3. The number of benzene rings is 1. The molecule has 0 amide bonds. The minimum absolute atomic E-state index is 0.00994. The van der Waals surface area contributed by atoms with Gasteiger partial charge in [0, 0.05) is 18.2 Å². The molecule has 0 aliphatic heterocycles. The van der Waals surface area contributed by atoms with Gasteiger partial charge in [-0.15, -0.1) is 0 Å². The van der Waals surface area contributed by atoms with Crippen LogP contribution in [0.3, 0.4) is 0 Å². The number of aryl methyl sites for hydroxylation is 1. The van der Waals surface area contributed by atoms with Crippen LogP contribution in [0.15, 0.2) is 24.3 Å². The Kier molecular flexibility index (Phi) is 4.11. The van der Waals surface area contributed by atoms with Crippen molar-refractivity contribution in [2.45, 2.75) is 20.0 Å². The largest absolute Gasteiger partial charge is 0.451 e. The van der Waals surface area contributed by atoms with Crippen LogP contribution < -0.4 is 5.32 Å². The van der Waals surface area contributed by atoms with E-state index in [1.165, 1.54) is 24.3 Å². The second-order valence-corrected chi connectivity index (χ2v) is 4.47. The fourth-order valence-electron chi connectivity index (χ4n) is 1.82. The van der Waals surface area contributed by atoms with E-state index in [9.17, 15) is 17.6 Å². The van der Waals surface area contributed by atoms with Gasteiger partial charge in [-0.25, -0.2) is 14.4 Å². The number of halogens is 4. The van der Waals surface area contributed by atoms with Crippen molar-refractivity contribution in [2.24, 2.45) is 0 Å². The SMILES string of the molecule is CCNc1cc(-c2cc(C)ccc2F)nc(C(F)(F)F)n1. The molecule has 7 heteroatoms. The van der Waals surface area contributed by atoms with Crippen LogP contribution in [-0.4, -0.2) is 16.5 Å². The fraction of sp³-hybridized carbons (Fsp3) is 0.286. The van der Waals surface area contributed by atoms with Crippen LogP contribution in [0.1, 0.15) is 18.3 Å². The van der Waals surface area contributed by atoms with Gasteiger partial charge in [0.25, 0.3) is 0 Å². The summed E-state index contributed by atoms with van der Waals surface area (Å²) in [5, 5.41) is 2.69. The molecule has 3 nitrogen and oxygen atoms in total. The Bertz CT molecular complexity index is 653. The number of anilines is 1. The smallest absolute Gasteiger partial charge is 0.370 e. The van der Waals surface area contributed by atoms with Gasteiger partial charge in [0.1, 0.15) is 11.6 Å². The maximum Gasteiger partial charge on any atom is 0.451 e. The van der Waals surface area contributed by atoms with Gasteiger partial charge in [-0.1, -0.05) is 11.6 Å². The normalized spacial score (nSPS) is 11.5. The number of hydrogen-bond donors (Lipinski definition) is 1. The Labute approximate surface area is 119 Å². The molecule has 0 aliphatic rings. The Morgan fingerprint density at radius 1 is 1.14 bits per heavy atom. The number of hydrogen-bond acceptors (Lipinski definition) is 3. The lowest BCUT2D eigenvalue weighted by Gasteiger charge is -2.11. The molecule has 1 N–H and O–H groups in total. The molecule has 2 aromatic rings. The van der Waals surface area contributed by atoms with E-state index in [-0.39, 0.29) is 17.1 Å². The molecule has 1 aromatic carbocycles. The van der Waals surface area contributed by atoms with E-state index >= 15 is 0 Å². The molecule has 0 unspecified atom stereocenters. The highest BCUT2D eigenvalue weighted by Crippen LogP contribution is 2.31. The van der Waals surface area contributed by atoms with Crippen molar-refractivity contribution in [1.82, 2.24) is 9.97 Å². The summed E-state index contributed by atoms with van der Waals surface area (Å²) in [6.45, 7) is 3.84. The summed E-state index contributed by atoms with van der Waals surface area (Å²) in [5.41, 5.74) is 0.639. The third-order valence-corrected chi connectivity index (χ3v) is 2.74. The van der Waals surface area contributed by atoms with Crippen LogP contribution in [0.2, 0.25) is 0 Å². The van der Waals surface area contributed by atoms with Gasteiger partial charge in [-0.05, 0) is 26.0 Å². The van der Waals surface area contributed by atoms with Gasteiger partial charge in [0.05, 0.1) is 5.69 Å². The fourth-order valence-corrected chi connectivity index (χ4v) is 1.82. The van der Waals surface area contributed by atoms with Crippen molar-refractivity contribution < 1.29 is 17.6 Å². The van der Waals surface area contributed by atoms with Gasteiger partial charge >= 0.3 is 6.18 Å². The molecule has 0 fully saturated rings. The van der Waals surface area contributed by atoms with E-state index in [0.717, 1.165) is 5.56 Å². The first-order valence-electron chi connectivity index (χ1n) is 6.28. The minimum atomic E-state index is -4.69. The van der Waals surface area contributed by atoms with Crippen molar-refractivity contribution in [3.8, 4) is 11.3 Å². The summed E-state index contributed by atoms with van der Waals surface area (Å²) >= 11 is 0.